The normalized spacial score (nSPS) is 11.3. The summed E-state index contributed by atoms with van der Waals surface area (Å²) in [7, 11) is 0. The van der Waals surface area contributed by atoms with Crippen molar-refractivity contribution in [2.45, 2.75) is 13.5 Å². The lowest BCUT2D eigenvalue weighted by molar-refractivity contribution is -0.105. The molecule has 92 valence electrons. The van der Waals surface area contributed by atoms with Gasteiger partial charge in [0, 0.05) is 5.56 Å². The number of benzene rings is 1. The van der Waals surface area contributed by atoms with E-state index in [-0.39, 0.29) is 0 Å². The molecular weight excluding hydrogens is 226 g/mol. The number of hydrogen-bond donors (Lipinski definition) is 2. The topological polar surface area (TPSA) is 57.8 Å². The summed E-state index contributed by atoms with van der Waals surface area (Å²) in [6.45, 7) is 2.37. The van der Waals surface area contributed by atoms with E-state index in [1.165, 1.54) is 0 Å². The summed E-state index contributed by atoms with van der Waals surface area (Å²) in [5, 5.41) is 3.02. The molecule has 4 nitrogen and oxygen atoms in total. The Labute approximate surface area is 106 Å². The third-order valence-electron chi connectivity index (χ3n) is 2.60. The van der Waals surface area contributed by atoms with E-state index in [2.05, 4.69) is 15.3 Å². The highest BCUT2D eigenvalue weighted by molar-refractivity contribution is 5.71. The molecule has 0 fully saturated rings. The molecule has 0 saturated heterocycles. The van der Waals surface area contributed by atoms with Gasteiger partial charge in [0.05, 0.1) is 24.1 Å². The van der Waals surface area contributed by atoms with E-state index < -0.39 is 0 Å². The Kier molecular flexibility index (Phi) is 3.91. The summed E-state index contributed by atoms with van der Waals surface area (Å²) in [6, 6.07) is 9.91. The molecule has 0 aliphatic heterocycles. The Morgan fingerprint density at radius 1 is 1.39 bits per heavy atom. The third kappa shape index (κ3) is 2.85. The van der Waals surface area contributed by atoms with E-state index in [1.54, 1.807) is 12.3 Å². The molecule has 2 aromatic rings. The number of aromatic nitrogens is 2. The van der Waals surface area contributed by atoms with Gasteiger partial charge in [-0.1, -0.05) is 36.4 Å². The Morgan fingerprint density at radius 2 is 2.17 bits per heavy atom. The van der Waals surface area contributed by atoms with Crippen molar-refractivity contribution in [2.75, 3.05) is 0 Å². The molecule has 0 aliphatic carbocycles. The van der Waals surface area contributed by atoms with Crippen LogP contribution in [0.1, 0.15) is 12.6 Å². The summed E-state index contributed by atoms with van der Waals surface area (Å²) < 4.78 is 0. The second-order valence-corrected chi connectivity index (χ2v) is 3.84. The highest BCUT2D eigenvalue weighted by Crippen LogP contribution is 2.14. The van der Waals surface area contributed by atoms with Crippen molar-refractivity contribution < 1.29 is 4.79 Å². The molecule has 0 saturated carbocycles. The molecule has 1 aromatic heterocycles. The fraction of sp³-hybridized carbons (Fsp3) is 0.143. The van der Waals surface area contributed by atoms with Crippen LogP contribution in [0.25, 0.3) is 11.4 Å². The molecule has 0 spiro atoms. The molecule has 0 bridgehead atoms. The van der Waals surface area contributed by atoms with Crippen molar-refractivity contribution in [3.63, 3.8) is 0 Å². The number of nitrogens with zero attached hydrogens (tertiary/aromatic N) is 1. The van der Waals surface area contributed by atoms with Crippen LogP contribution in [-0.2, 0) is 11.3 Å². The molecule has 0 unspecified atom stereocenters. The molecule has 18 heavy (non-hydrogen) atoms. The van der Waals surface area contributed by atoms with Gasteiger partial charge in [0.1, 0.15) is 5.82 Å². The van der Waals surface area contributed by atoms with Gasteiger partial charge in [0.15, 0.2) is 6.29 Å². The van der Waals surface area contributed by atoms with Crippen LogP contribution in [0.5, 0.6) is 0 Å². The molecule has 0 aliphatic rings. The Balaban J connectivity index is 2.05. The van der Waals surface area contributed by atoms with E-state index in [0.717, 1.165) is 23.4 Å². The van der Waals surface area contributed by atoms with Crippen LogP contribution in [-0.4, -0.2) is 16.3 Å². The minimum Gasteiger partial charge on any atom is -0.377 e. The molecule has 1 aromatic carbocycles. The lowest BCUT2D eigenvalue weighted by Crippen LogP contribution is -2.13. The summed E-state index contributed by atoms with van der Waals surface area (Å²) >= 11 is 0. The molecule has 0 atom stereocenters. The number of carbonyl (C=O) groups excluding carboxylic acids is 1. The van der Waals surface area contributed by atoms with Crippen LogP contribution in [0.3, 0.4) is 0 Å². The zero-order valence-electron chi connectivity index (χ0n) is 10.2. The van der Waals surface area contributed by atoms with Gasteiger partial charge >= 0.3 is 0 Å². The van der Waals surface area contributed by atoms with Crippen LogP contribution in [0, 0.1) is 0 Å². The highest BCUT2D eigenvalue weighted by Gasteiger charge is 2.02. The summed E-state index contributed by atoms with van der Waals surface area (Å²) in [6.07, 6.45) is 4.31. The fourth-order valence-electron chi connectivity index (χ4n) is 1.60. The number of rotatable bonds is 5. The maximum atomic E-state index is 10.6. The maximum Gasteiger partial charge on any atom is 0.165 e. The molecule has 0 radical (unpaired) electrons. The van der Waals surface area contributed by atoms with Crippen molar-refractivity contribution in [3.05, 3.63) is 54.0 Å². The van der Waals surface area contributed by atoms with Gasteiger partial charge in [-0.05, 0) is 6.92 Å². The third-order valence-corrected chi connectivity index (χ3v) is 2.60. The Morgan fingerprint density at radius 3 is 2.83 bits per heavy atom. The smallest absolute Gasteiger partial charge is 0.165 e. The number of hydrogen-bond acceptors (Lipinski definition) is 3. The number of carbonyl (C=O) groups is 1. The first-order chi connectivity index (χ1) is 8.83. The summed E-state index contributed by atoms with van der Waals surface area (Å²) in [5.74, 6) is 0.834. The maximum absolute atomic E-state index is 10.6. The number of imidazole rings is 1. The average Bonchev–Trinajstić information content (AvgIpc) is 2.90. The number of aromatic amines is 1. The first-order valence-corrected chi connectivity index (χ1v) is 5.78. The molecule has 2 N–H and O–H groups in total. The van der Waals surface area contributed by atoms with Gasteiger partial charge in [0.2, 0.25) is 0 Å². The van der Waals surface area contributed by atoms with Gasteiger partial charge in [-0.2, -0.15) is 0 Å². The van der Waals surface area contributed by atoms with Crippen LogP contribution in [0.4, 0.5) is 0 Å². The van der Waals surface area contributed by atoms with Crippen LogP contribution < -0.4 is 5.32 Å². The average molecular weight is 241 g/mol. The van der Waals surface area contributed by atoms with Crippen LogP contribution in [0.2, 0.25) is 0 Å². The number of nitrogens with one attached hydrogen (secondary N) is 2. The van der Waals surface area contributed by atoms with Gasteiger partial charge in [0.25, 0.3) is 0 Å². The number of H-pyrrole nitrogens is 1. The number of allylic oxidation sites excluding steroid dienone is 2. The van der Waals surface area contributed by atoms with Crippen LogP contribution in [0.15, 0.2) is 48.3 Å². The highest BCUT2D eigenvalue weighted by atomic mass is 16.1. The minimum absolute atomic E-state index is 0.554. The molecule has 1 heterocycles. The van der Waals surface area contributed by atoms with Crippen LogP contribution >= 0.6 is 0 Å². The summed E-state index contributed by atoms with van der Waals surface area (Å²) in [4.78, 5) is 18.2. The second kappa shape index (κ2) is 5.82. The second-order valence-electron chi connectivity index (χ2n) is 3.84. The molecule has 2 rings (SSSR count). The molecular formula is C14H15N3O. The van der Waals surface area contributed by atoms with E-state index in [9.17, 15) is 4.79 Å². The quantitative estimate of drug-likeness (QED) is 0.623. The van der Waals surface area contributed by atoms with E-state index in [4.69, 9.17) is 0 Å². The summed E-state index contributed by atoms with van der Waals surface area (Å²) in [5.41, 5.74) is 2.56. The minimum atomic E-state index is 0.554. The lowest BCUT2D eigenvalue weighted by Gasteiger charge is -2.02. The first-order valence-electron chi connectivity index (χ1n) is 5.78. The largest absolute Gasteiger partial charge is 0.377 e. The Hall–Kier alpha value is -2.36. The monoisotopic (exact) mass is 241 g/mol. The predicted molar refractivity (Wildman–Crippen MR) is 70.7 cm³/mol. The van der Waals surface area contributed by atoms with Gasteiger partial charge in [-0.15, -0.1) is 0 Å². The van der Waals surface area contributed by atoms with E-state index >= 15 is 0 Å². The standard InChI is InChI=1S/C14H15N3O/c1-2-12(10-18)15-8-13-9-16-14(17-13)11-6-4-3-5-7-11/h2-7,9-10,15H,8H2,1H3,(H,16,17)/b12-2+. The van der Waals surface area contributed by atoms with Crippen molar-refractivity contribution in [3.8, 4) is 11.4 Å². The lowest BCUT2D eigenvalue weighted by atomic mass is 10.2. The molecule has 0 amide bonds. The predicted octanol–water partition coefficient (Wildman–Crippen LogP) is 2.27. The van der Waals surface area contributed by atoms with E-state index in [0.29, 0.717) is 12.2 Å². The first kappa shape index (κ1) is 12.1. The van der Waals surface area contributed by atoms with Gasteiger partial charge in [-0.25, -0.2) is 4.98 Å². The van der Waals surface area contributed by atoms with Gasteiger partial charge < -0.3 is 10.3 Å². The number of aldehydes is 1. The van der Waals surface area contributed by atoms with Crippen molar-refractivity contribution in [2.24, 2.45) is 0 Å². The van der Waals surface area contributed by atoms with Crippen molar-refractivity contribution in [1.29, 1.82) is 0 Å². The fourth-order valence-corrected chi connectivity index (χ4v) is 1.60. The van der Waals surface area contributed by atoms with Crippen molar-refractivity contribution >= 4 is 6.29 Å². The van der Waals surface area contributed by atoms with E-state index in [1.807, 2.05) is 37.3 Å². The molecule has 4 heteroatoms. The van der Waals surface area contributed by atoms with Crippen molar-refractivity contribution in [1.82, 2.24) is 15.3 Å². The zero-order chi connectivity index (χ0) is 12.8. The van der Waals surface area contributed by atoms with Gasteiger partial charge in [-0.3, -0.25) is 4.79 Å². The Bertz CT molecular complexity index is 543. The SMILES string of the molecule is C/C=C(\C=O)NCc1cnc(-c2ccccc2)[nH]1. The zero-order valence-corrected chi connectivity index (χ0v) is 10.2.